The van der Waals surface area contributed by atoms with Gasteiger partial charge >= 0.3 is 0 Å². The second-order valence-corrected chi connectivity index (χ2v) is 3.85. The summed E-state index contributed by atoms with van der Waals surface area (Å²) < 4.78 is 0. The van der Waals surface area contributed by atoms with Crippen LogP contribution in [0.25, 0.3) is 0 Å². The van der Waals surface area contributed by atoms with Crippen LogP contribution in [0.3, 0.4) is 0 Å². The summed E-state index contributed by atoms with van der Waals surface area (Å²) in [6.45, 7) is 6.86. The molecule has 0 amide bonds. The van der Waals surface area contributed by atoms with Crippen LogP contribution in [-0.4, -0.2) is 24.0 Å². The number of carbonyl (C=O) groups is 1. The van der Waals surface area contributed by atoms with Gasteiger partial charge in [0.2, 0.25) is 5.12 Å². The van der Waals surface area contributed by atoms with Crippen LogP contribution in [-0.2, 0) is 4.79 Å². The van der Waals surface area contributed by atoms with Crippen molar-refractivity contribution < 1.29 is 4.79 Å². The second kappa shape index (κ2) is 5.61. The highest BCUT2D eigenvalue weighted by Crippen LogP contribution is 2.00. The molecule has 0 radical (unpaired) electrons. The molecule has 3 heteroatoms. The zero-order chi connectivity index (χ0) is 8.85. The van der Waals surface area contributed by atoms with Crippen LogP contribution in [0.2, 0.25) is 0 Å². The van der Waals surface area contributed by atoms with Gasteiger partial charge in [-0.3, -0.25) is 4.79 Å². The summed E-state index contributed by atoms with van der Waals surface area (Å²) in [5, 5.41) is 3.37. The summed E-state index contributed by atoms with van der Waals surface area (Å²) in [7, 11) is 0. The largest absolute Gasteiger partial charge is 0.306 e. The van der Waals surface area contributed by atoms with Crippen LogP contribution >= 0.6 is 11.8 Å². The van der Waals surface area contributed by atoms with Crippen molar-refractivity contribution in [3.63, 3.8) is 0 Å². The van der Waals surface area contributed by atoms with Gasteiger partial charge in [-0.05, 0) is 19.1 Å². The van der Waals surface area contributed by atoms with Crippen LogP contribution < -0.4 is 5.32 Å². The first kappa shape index (κ1) is 11.0. The topological polar surface area (TPSA) is 29.1 Å². The van der Waals surface area contributed by atoms with Crippen molar-refractivity contribution in [3.05, 3.63) is 0 Å². The van der Waals surface area contributed by atoms with Crippen LogP contribution in [0, 0.1) is 5.92 Å². The third-order valence-electron chi connectivity index (χ3n) is 1.80. The third kappa shape index (κ3) is 5.27. The van der Waals surface area contributed by atoms with E-state index in [1.165, 1.54) is 11.8 Å². The van der Waals surface area contributed by atoms with Crippen molar-refractivity contribution in [1.82, 2.24) is 5.32 Å². The van der Waals surface area contributed by atoms with Crippen molar-refractivity contribution in [2.75, 3.05) is 12.8 Å². The molecule has 0 bridgehead atoms. The van der Waals surface area contributed by atoms with Crippen molar-refractivity contribution in [1.29, 1.82) is 0 Å². The Kier molecular flexibility index (Phi) is 5.60. The Morgan fingerprint density at radius 1 is 1.45 bits per heavy atom. The molecule has 0 aromatic carbocycles. The summed E-state index contributed by atoms with van der Waals surface area (Å²) in [6.07, 6.45) is 1.81. The van der Waals surface area contributed by atoms with Gasteiger partial charge in [0.15, 0.2) is 0 Å². The fourth-order valence-corrected chi connectivity index (χ4v) is 0.780. The molecule has 0 spiro atoms. The van der Waals surface area contributed by atoms with Crippen LogP contribution in [0.4, 0.5) is 0 Å². The van der Waals surface area contributed by atoms with Crippen molar-refractivity contribution in [3.8, 4) is 0 Å². The Balaban J connectivity index is 3.45. The van der Waals surface area contributed by atoms with Crippen molar-refractivity contribution >= 4 is 16.9 Å². The molecular formula is C8H17NOS. The van der Waals surface area contributed by atoms with E-state index < -0.39 is 0 Å². The van der Waals surface area contributed by atoms with E-state index in [0.717, 1.165) is 0 Å². The van der Waals surface area contributed by atoms with E-state index in [9.17, 15) is 4.79 Å². The lowest BCUT2D eigenvalue weighted by atomic mass is 10.1. The maximum absolute atomic E-state index is 10.8. The highest BCUT2D eigenvalue weighted by molar-refractivity contribution is 8.13. The van der Waals surface area contributed by atoms with Gasteiger partial charge in [-0.1, -0.05) is 25.6 Å². The predicted octanol–water partition coefficient (Wildman–Crippen LogP) is 1.51. The minimum atomic E-state index is 0.206. The molecule has 1 unspecified atom stereocenters. The van der Waals surface area contributed by atoms with Gasteiger partial charge in [-0.25, -0.2) is 0 Å². The number of hydrogen-bond acceptors (Lipinski definition) is 3. The molecule has 66 valence electrons. The first-order valence-corrected chi connectivity index (χ1v) is 5.10. The fourth-order valence-electron chi connectivity index (χ4n) is 0.552. The first-order valence-electron chi connectivity index (χ1n) is 3.88. The van der Waals surface area contributed by atoms with E-state index in [0.29, 0.717) is 18.5 Å². The van der Waals surface area contributed by atoms with E-state index in [-0.39, 0.29) is 5.12 Å². The Morgan fingerprint density at radius 2 is 2.00 bits per heavy atom. The summed E-state index contributed by atoms with van der Waals surface area (Å²) in [5.41, 5.74) is 0. The second-order valence-electron chi connectivity index (χ2n) is 2.99. The molecular weight excluding hydrogens is 158 g/mol. The Hall–Kier alpha value is -0.0200. The average Bonchev–Trinajstić information content (AvgIpc) is 1.99. The Morgan fingerprint density at radius 3 is 2.36 bits per heavy atom. The van der Waals surface area contributed by atoms with Crippen LogP contribution in [0.5, 0.6) is 0 Å². The van der Waals surface area contributed by atoms with Gasteiger partial charge in [0.25, 0.3) is 0 Å². The monoisotopic (exact) mass is 175 g/mol. The number of nitrogens with one attached hydrogen (secondary N) is 1. The molecule has 1 N–H and O–H groups in total. The average molecular weight is 175 g/mol. The molecule has 0 aromatic rings. The smallest absolute Gasteiger partial charge is 0.202 e. The summed E-state index contributed by atoms with van der Waals surface area (Å²) in [5.74, 6) is 0.588. The quantitative estimate of drug-likeness (QED) is 0.702. The summed E-state index contributed by atoms with van der Waals surface area (Å²) in [6, 6.07) is 0.422. The van der Waals surface area contributed by atoms with E-state index in [1.807, 2.05) is 6.26 Å². The number of rotatable bonds is 4. The molecule has 0 aliphatic rings. The SMILES string of the molecule is CSC(=O)CNC(C)C(C)C. The summed E-state index contributed by atoms with van der Waals surface area (Å²) in [4.78, 5) is 10.8. The predicted molar refractivity (Wildman–Crippen MR) is 50.8 cm³/mol. The molecule has 0 saturated carbocycles. The van der Waals surface area contributed by atoms with Crippen molar-refractivity contribution in [2.45, 2.75) is 26.8 Å². The molecule has 11 heavy (non-hydrogen) atoms. The van der Waals surface area contributed by atoms with Crippen LogP contribution in [0.15, 0.2) is 0 Å². The number of carbonyl (C=O) groups excluding carboxylic acids is 1. The highest BCUT2D eigenvalue weighted by Gasteiger charge is 2.07. The molecule has 2 nitrogen and oxygen atoms in total. The van der Waals surface area contributed by atoms with Crippen LogP contribution in [0.1, 0.15) is 20.8 Å². The first-order chi connectivity index (χ1) is 5.07. The fraction of sp³-hybridized carbons (Fsp3) is 0.875. The third-order valence-corrected chi connectivity index (χ3v) is 2.40. The molecule has 0 aliphatic carbocycles. The molecule has 0 saturated heterocycles. The number of thioether (sulfide) groups is 1. The van der Waals surface area contributed by atoms with E-state index in [2.05, 4.69) is 26.1 Å². The highest BCUT2D eigenvalue weighted by atomic mass is 32.2. The molecule has 0 fully saturated rings. The standard InChI is InChI=1S/C8H17NOS/c1-6(2)7(3)9-5-8(10)11-4/h6-7,9H,5H2,1-4H3. The zero-order valence-corrected chi connectivity index (χ0v) is 8.49. The van der Waals surface area contributed by atoms with Gasteiger partial charge in [0.1, 0.15) is 0 Å². The van der Waals surface area contributed by atoms with Gasteiger partial charge in [-0.15, -0.1) is 0 Å². The summed E-state index contributed by atoms with van der Waals surface area (Å²) >= 11 is 1.28. The van der Waals surface area contributed by atoms with Crippen molar-refractivity contribution in [2.24, 2.45) is 5.92 Å². The minimum absolute atomic E-state index is 0.206. The lowest BCUT2D eigenvalue weighted by Crippen LogP contribution is -2.34. The maximum Gasteiger partial charge on any atom is 0.202 e. The van der Waals surface area contributed by atoms with E-state index in [1.54, 1.807) is 0 Å². The molecule has 1 atom stereocenters. The van der Waals surface area contributed by atoms with Gasteiger partial charge in [0, 0.05) is 6.04 Å². The molecule has 0 rings (SSSR count). The number of hydrogen-bond donors (Lipinski definition) is 1. The lowest BCUT2D eigenvalue weighted by Gasteiger charge is -2.16. The normalized spacial score (nSPS) is 13.5. The van der Waals surface area contributed by atoms with Gasteiger partial charge in [-0.2, -0.15) is 0 Å². The molecule has 0 aromatic heterocycles. The minimum Gasteiger partial charge on any atom is -0.306 e. The lowest BCUT2D eigenvalue weighted by molar-refractivity contribution is -0.110. The zero-order valence-electron chi connectivity index (χ0n) is 7.68. The van der Waals surface area contributed by atoms with E-state index >= 15 is 0 Å². The van der Waals surface area contributed by atoms with Gasteiger partial charge in [0.05, 0.1) is 6.54 Å². The van der Waals surface area contributed by atoms with Gasteiger partial charge < -0.3 is 5.32 Å². The molecule has 0 heterocycles. The molecule has 0 aliphatic heterocycles. The Labute approximate surface area is 73.1 Å². The maximum atomic E-state index is 10.8. The van der Waals surface area contributed by atoms with E-state index in [4.69, 9.17) is 0 Å². The Bertz CT molecular complexity index is 125.